The Labute approximate surface area is 113 Å². The highest BCUT2D eigenvalue weighted by atomic mass is 15.2. The van der Waals surface area contributed by atoms with Crippen LogP contribution in [0.25, 0.3) is 0 Å². The van der Waals surface area contributed by atoms with Crippen molar-refractivity contribution in [1.82, 2.24) is 15.1 Å². The van der Waals surface area contributed by atoms with Crippen LogP contribution in [-0.4, -0.2) is 61.7 Å². The highest BCUT2D eigenvalue weighted by molar-refractivity contribution is 4.83. The summed E-state index contributed by atoms with van der Waals surface area (Å²) >= 11 is 0. The molecule has 0 bridgehead atoms. The molecule has 0 spiro atoms. The Balaban J connectivity index is 1.53. The first kappa shape index (κ1) is 14.3. The molecule has 2 rings (SSSR count). The number of nitrogens with one attached hydrogen (secondary N) is 1. The van der Waals surface area contributed by atoms with E-state index in [0.717, 1.165) is 18.0 Å². The Bertz CT molecular complexity index is 230. The first-order valence-corrected chi connectivity index (χ1v) is 7.81. The summed E-state index contributed by atoms with van der Waals surface area (Å²) in [7, 11) is 2.27. The highest BCUT2D eigenvalue weighted by Gasteiger charge is 2.25. The van der Waals surface area contributed by atoms with Crippen molar-refractivity contribution in [2.45, 2.75) is 51.6 Å². The summed E-state index contributed by atoms with van der Waals surface area (Å²) < 4.78 is 0. The van der Waals surface area contributed by atoms with Gasteiger partial charge in [-0.1, -0.05) is 13.8 Å². The summed E-state index contributed by atoms with van der Waals surface area (Å²) in [6.45, 7) is 10.9. The fraction of sp³-hybridized carbons (Fsp3) is 1.00. The third-order valence-electron chi connectivity index (χ3n) is 4.28. The number of hydrogen-bond acceptors (Lipinski definition) is 3. The van der Waals surface area contributed by atoms with Crippen molar-refractivity contribution in [2.75, 3.05) is 39.8 Å². The van der Waals surface area contributed by atoms with E-state index < -0.39 is 0 Å². The highest BCUT2D eigenvalue weighted by Crippen LogP contribution is 2.24. The molecule has 0 aromatic carbocycles. The molecule has 0 atom stereocenters. The Morgan fingerprint density at radius 3 is 2.39 bits per heavy atom. The van der Waals surface area contributed by atoms with Crippen LogP contribution < -0.4 is 5.32 Å². The van der Waals surface area contributed by atoms with Crippen molar-refractivity contribution in [3.63, 3.8) is 0 Å². The predicted octanol–water partition coefficient (Wildman–Crippen LogP) is 1.79. The lowest BCUT2D eigenvalue weighted by Gasteiger charge is -2.33. The van der Waals surface area contributed by atoms with Crippen LogP contribution in [0.15, 0.2) is 0 Å². The lowest BCUT2D eigenvalue weighted by Crippen LogP contribution is -2.45. The Kier molecular flexibility index (Phi) is 5.46. The van der Waals surface area contributed by atoms with Gasteiger partial charge in [-0.05, 0) is 51.7 Å². The van der Waals surface area contributed by atoms with Crippen molar-refractivity contribution < 1.29 is 0 Å². The molecule has 1 heterocycles. The second-order valence-electron chi connectivity index (χ2n) is 6.63. The quantitative estimate of drug-likeness (QED) is 0.746. The first-order chi connectivity index (χ1) is 8.65. The molecule has 106 valence electrons. The van der Waals surface area contributed by atoms with Crippen LogP contribution in [0.1, 0.15) is 39.5 Å². The van der Waals surface area contributed by atoms with Gasteiger partial charge in [-0.15, -0.1) is 0 Å². The fourth-order valence-corrected chi connectivity index (χ4v) is 2.98. The number of nitrogens with zero attached hydrogens (tertiary/aromatic N) is 2. The predicted molar refractivity (Wildman–Crippen MR) is 78.0 cm³/mol. The van der Waals surface area contributed by atoms with Crippen molar-refractivity contribution in [2.24, 2.45) is 5.92 Å². The molecular weight excluding hydrogens is 222 g/mol. The van der Waals surface area contributed by atoms with E-state index in [0.29, 0.717) is 0 Å². The molecule has 2 aliphatic rings. The summed E-state index contributed by atoms with van der Waals surface area (Å²) in [6.07, 6.45) is 5.51. The SMILES string of the molecule is CC(C)CN1CCC(NCCN(C)C2CC2)CC1. The van der Waals surface area contributed by atoms with Gasteiger partial charge in [0.1, 0.15) is 0 Å². The van der Waals surface area contributed by atoms with E-state index in [9.17, 15) is 0 Å². The van der Waals surface area contributed by atoms with Crippen molar-refractivity contribution >= 4 is 0 Å². The standard InChI is InChI=1S/C15H31N3/c1-13(2)12-18-9-6-14(7-10-18)16-8-11-17(3)15-4-5-15/h13-16H,4-12H2,1-3H3. The summed E-state index contributed by atoms with van der Waals surface area (Å²) in [5, 5.41) is 3.74. The minimum atomic E-state index is 0.765. The summed E-state index contributed by atoms with van der Waals surface area (Å²) in [5.74, 6) is 0.807. The second-order valence-corrected chi connectivity index (χ2v) is 6.63. The number of rotatable bonds is 7. The van der Waals surface area contributed by atoms with E-state index in [1.54, 1.807) is 0 Å². The van der Waals surface area contributed by atoms with Gasteiger partial charge in [0.2, 0.25) is 0 Å². The smallest absolute Gasteiger partial charge is 0.0107 e. The van der Waals surface area contributed by atoms with Crippen molar-refractivity contribution in [3.05, 3.63) is 0 Å². The van der Waals surface area contributed by atoms with Gasteiger partial charge >= 0.3 is 0 Å². The molecule has 1 aliphatic heterocycles. The average molecular weight is 253 g/mol. The van der Waals surface area contributed by atoms with E-state index in [1.807, 2.05) is 0 Å². The minimum absolute atomic E-state index is 0.765. The molecule has 2 fully saturated rings. The molecule has 1 saturated heterocycles. The fourth-order valence-electron chi connectivity index (χ4n) is 2.98. The molecule has 3 nitrogen and oxygen atoms in total. The molecule has 18 heavy (non-hydrogen) atoms. The molecule has 1 saturated carbocycles. The minimum Gasteiger partial charge on any atom is -0.313 e. The van der Waals surface area contributed by atoms with E-state index in [-0.39, 0.29) is 0 Å². The van der Waals surface area contributed by atoms with Gasteiger partial charge in [0.15, 0.2) is 0 Å². The molecule has 0 aromatic heterocycles. The maximum absolute atomic E-state index is 3.74. The number of likely N-dealkylation sites (N-methyl/N-ethyl adjacent to an activating group) is 1. The Morgan fingerprint density at radius 1 is 1.17 bits per heavy atom. The molecule has 0 unspecified atom stereocenters. The lowest BCUT2D eigenvalue weighted by molar-refractivity contribution is 0.177. The monoisotopic (exact) mass is 253 g/mol. The zero-order chi connectivity index (χ0) is 13.0. The molecular formula is C15H31N3. The largest absolute Gasteiger partial charge is 0.313 e. The lowest BCUT2D eigenvalue weighted by atomic mass is 10.0. The van der Waals surface area contributed by atoms with Crippen LogP contribution >= 0.6 is 0 Å². The van der Waals surface area contributed by atoms with Gasteiger partial charge in [0.05, 0.1) is 0 Å². The molecule has 0 aromatic rings. The molecule has 0 amide bonds. The van der Waals surface area contributed by atoms with Crippen LogP contribution in [0.5, 0.6) is 0 Å². The normalized spacial score (nSPS) is 23.2. The van der Waals surface area contributed by atoms with Crippen LogP contribution in [0.4, 0.5) is 0 Å². The van der Waals surface area contributed by atoms with Crippen molar-refractivity contribution in [1.29, 1.82) is 0 Å². The second kappa shape index (κ2) is 6.88. The maximum Gasteiger partial charge on any atom is 0.0107 e. The maximum atomic E-state index is 3.74. The van der Waals surface area contributed by atoms with E-state index in [2.05, 4.69) is 36.0 Å². The summed E-state index contributed by atoms with van der Waals surface area (Å²) in [6, 6.07) is 1.67. The van der Waals surface area contributed by atoms with E-state index >= 15 is 0 Å². The number of hydrogen-bond donors (Lipinski definition) is 1. The summed E-state index contributed by atoms with van der Waals surface area (Å²) in [5.41, 5.74) is 0. The summed E-state index contributed by atoms with van der Waals surface area (Å²) in [4.78, 5) is 5.14. The first-order valence-electron chi connectivity index (χ1n) is 7.81. The zero-order valence-corrected chi connectivity index (χ0v) is 12.5. The number of piperidine rings is 1. The van der Waals surface area contributed by atoms with Crippen LogP contribution in [0, 0.1) is 5.92 Å². The average Bonchev–Trinajstić information content (AvgIpc) is 3.14. The third-order valence-corrected chi connectivity index (χ3v) is 4.28. The van der Waals surface area contributed by atoms with Gasteiger partial charge < -0.3 is 15.1 Å². The third kappa shape index (κ3) is 4.87. The van der Waals surface area contributed by atoms with Gasteiger partial charge in [0.25, 0.3) is 0 Å². The van der Waals surface area contributed by atoms with Gasteiger partial charge in [-0.3, -0.25) is 0 Å². The number of likely N-dealkylation sites (tertiary alicyclic amines) is 1. The Hall–Kier alpha value is -0.120. The van der Waals surface area contributed by atoms with Gasteiger partial charge in [0, 0.05) is 31.7 Å². The van der Waals surface area contributed by atoms with E-state index in [4.69, 9.17) is 0 Å². The van der Waals surface area contributed by atoms with Crippen molar-refractivity contribution in [3.8, 4) is 0 Å². The Morgan fingerprint density at radius 2 is 1.83 bits per heavy atom. The van der Waals surface area contributed by atoms with Crippen LogP contribution in [0.3, 0.4) is 0 Å². The van der Waals surface area contributed by atoms with Crippen LogP contribution in [0.2, 0.25) is 0 Å². The van der Waals surface area contributed by atoms with Gasteiger partial charge in [-0.25, -0.2) is 0 Å². The topological polar surface area (TPSA) is 18.5 Å². The molecule has 1 aliphatic carbocycles. The molecule has 3 heteroatoms. The van der Waals surface area contributed by atoms with Crippen LogP contribution in [-0.2, 0) is 0 Å². The zero-order valence-electron chi connectivity index (χ0n) is 12.5. The molecule has 1 N–H and O–H groups in total. The van der Waals surface area contributed by atoms with E-state index in [1.165, 1.54) is 58.4 Å². The van der Waals surface area contributed by atoms with Gasteiger partial charge in [-0.2, -0.15) is 0 Å². The molecule has 0 radical (unpaired) electrons.